The first kappa shape index (κ1) is 8.14. The molecule has 0 aliphatic rings. The average Bonchev–Trinajstić information content (AvgIpc) is 1.95. The van der Waals surface area contributed by atoms with Crippen LogP contribution in [0.3, 0.4) is 0 Å². The maximum absolute atomic E-state index is 12.7. The predicted octanol–water partition coefficient (Wildman–Crippen LogP) is 1.47. The van der Waals surface area contributed by atoms with Gasteiger partial charge < -0.3 is 5.73 Å². The monoisotopic (exact) mass is 157 g/mol. The Bertz CT molecular complexity index is 248. The zero-order valence-electron chi connectivity index (χ0n) is 5.98. The van der Waals surface area contributed by atoms with Gasteiger partial charge in [-0.1, -0.05) is 6.07 Å². The Labute approximate surface area is 63.8 Å². The van der Waals surface area contributed by atoms with Crippen molar-refractivity contribution < 1.29 is 8.78 Å². The van der Waals surface area contributed by atoms with Crippen LogP contribution in [-0.4, -0.2) is 6.54 Å². The molecule has 0 amide bonds. The van der Waals surface area contributed by atoms with Crippen molar-refractivity contribution in [1.29, 1.82) is 0 Å². The van der Waals surface area contributed by atoms with E-state index < -0.39 is 11.6 Å². The van der Waals surface area contributed by atoms with Crippen molar-refractivity contribution in [2.45, 2.75) is 6.42 Å². The van der Waals surface area contributed by atoms with E-state index in [9.17, 15) is 8.78 Å². The Balaban J connectivity index is 2.90. The first-order chi connectivity index (χ1) is 5.24. The minimum atomic E-state index is -0.553. The maximum Gasteiger partial charge on any atom is 0.129 e. The van der Waals surface area contributed by atoms with Gasteiger partial charge >= 0.3 is 0 Å². The lowest BCUT2D eigenvalue weighted by molar-refractivity contribution is 0.572. The summed E-state index contributed by atoms with van der Waals surface area (Å²) < 4.78 is 25.1. The van der Waals surface area contributed by atoms with Crippen molar-refractivity contribution in [3.05, 3.63) is 35.4 Å². The van der Waals surface area contributed by atoms with Gasteiger partial charge in [0.2, 0.25) is 0 Å². The fourth-order valence-electron chi connectivity index (χ4n) is 0.880. The molecule has 0 aromatic heterocycles. The van der Waals surface area contributed by atoms with E-state index in [1.165, 1.54) is 12.1 Å². The SMILES string of the molecule is NCCc1ccc(F)cc1F. The molecule has 2 N–H and O–H groups in total. The Morgan fingerprint density at radius 3 is 2.55 bits per heavy atom. The van der Waals surface area contributed by atoms with Gasteiger partial charge in [0.1, 0.15) is 11.6 Å². The highest BCUT2D eigenvalue weighted by atomic mass is 19.1. The molecule has 0 spiro atoms. The third-order valence-electron chi connectivity index (χ3n) is 1.43. The second-order valence-electron chi connectivity index (χ2n) is 2.27. The average molecular weight is 157 g/mol. The van der Waals surface area contributed by atoms with Crippen molar-refractivity contribution in [3.8, 4) is 0 Å². The molecule has 1 nitrogen and oxygen atoms in total. The van der Waals surface area contributed by atoms with Gasteiger partial charge in [0, 0.05) is 6.07 Å². The van der Waals surface area contributed by atoms with E-state index in [2.05, 4.69) is 0 Å². The van der Waals surface area contributed by atoms with Crippen molar-refractivity contribution in [2.24, 2.45) is 5.73 Å². The zero-order chi connectivity index (χ0) is 8.27. The van der Waals surface area contributed by atoms with E-state index in [1.807, 2.05) is 0 Å². The van der Waals surface area contributed by atoms with E-state index in [1.54, 1.807) is 0 Å². The summed E-state index contributed by atoms with van der Waals surface area (Å²) in [7, 11) is 0. The smallest absolute Gasteiger partial charge is 0.129 e. The van der Waals surface area contributed by atoms with E-state index in [4.69, 9.17) is 5.73 Å². The van der Waals surface area contributed by atoms with Crippen LogP contribution in [0.4, 0.5) is 8.78 Å². The Morgan fingerprint density at radius 1 is 1.27 bits per heavy atom. The van der Waals surface area contributed by atoms with Gasteiger partial charge in [-0.15, -0.1) is 0 Å². The lowest BCUT2D eigenvalue weighted by Gasteiger charge is -1.99. The van der Waals surface area contributed by atoms with Crippen LogP contribution < -0.4 is 5.73 Å². The molecule has 0 unspecified atom stereocenters. The molecule has 0 aliphatic carbocycles. The van der Waals surface area contributed by atoms with Gasteiger partial charge in [0.25, 0.3) is 0 Å². The minimum Gasteiger partial charge on any atom is -0.330 e. The molecule has 1 rings (SSSR count). The van der Waals surface area contributed by atoms with Gasteiger partial charge in [-0.25, -0.2) is 8.78 Å². The summed E-state index contributed by atoms with van der Waals surface area (Å²) in [5, 5.41) is 0. The van der Waals surface area contributed by atoms with Crippen LogP contribution in [0, 0.1) is 11.6 Å². The molecular weight excluding hydrogens is 148 g/mol. The molecular formula is C8H9F2N. The number of hydrogen-bond acceptors (Lipinski definition) is 1. The fourth-order valence-corrected chi connectivity index (χ4v) is 0.880. The molecule has 0 saturated carbocycles. The number of nitrogens with two attached hydrogens (primary N) is 1. The third kappa shape index (κ3) is 1.98. The van der Waals surface area contributed by atoms with Gasteiger partial charge in [0.05, 0.1) is 0 Å². The van der Waals surface area contributed by atoms with Crippen LogP contribution in [0.2, 0.25) is 0 Å². The third-order valence-corrected chi connectivity index (χ3v) is 1.43. The fraction of sp³-hybridized carbons (Fsp3) is 0.250. The van der Waals surface area contributed by atoms with Crippen LogP contribution in [0.25, 0.3) is 0 Å². The first-order valence-corrected chi connectivity index (χ1v) is 3.38. The molecule has 0 fully saturated rings. The molecule has 3 heteroatoms. The molecule has 0 radical (unpaired) electrons. The van der Waals surface area contributed by atoms with Gasteiger partial charge in [-0.2, -0.15) is 0 Å². The number of halogens is 2. The minimum absolute atomic E-state index is 0.378. The second-order valence-corrected chi connectivity index (χ2v) is 2.27. The predicted molar refractivity (Wildman–Crippen MR) is 39.1 cm³/mol. The largest absolute Gasteiger partial charge is 0.330 e. The standard InChI is InChI=1S/C8H9F2N/c9-7-2-1-6(3-4-11)8(10)5-7/h1-2,5H,3-4,11H2. The lowest BCUT2D eigenvalue weighted by Crippen LogP contribution is -2.04. The number of benzene rings is 1. The molecule has 0 heterocycles. The van der Waals surface area contributed by atoms with Gasteiger partial charge in [-0.05, 0) is 24.6 Å². The highest BCUT2D eigenvalue weighted by molar-refractivity contribution is 5.18. The van der Waals surface area contributed by atoms with Crippen molar-refractivity contribution >= 4 is 0 Å². The lowest BCUT2D eigenvalue weighted by atomic mass is 10.1. The van der Waals surface area contributed by atoms with E-state index in [-0.39, 0.29) is 0 Å². The molecule has 0 aliphatic heterocycles. The van der Waals surface area contributed by atoms with Crippen molar-refractivity contribution in [3.63, 3.8) is 0 Å². The molecule has 1 aromatic rings. The van der Waals surface area contributed by atoms with Crippen molar-refractivity contribution in [2.75, 3.05) is 6.54 Å². The summed E-state index contributed by atoms with van der Waals surface area (Å²) in [6, 6.07) is 3.51. The Morgan fingerprint density at radius 2 is 2.00 bits per heavy atom. The van der Waals surface area contributed by atoms with Gasteiger partial charge in [-0.3, -0.25) is 0 Å². The zero-order valence-corrected chi connectivity index (χ0v) is 5.98. The summed E-state index contributed by atoms with van der Waals surface area (Å²) in [5.41, 5.74) is 5.67. The molecule has 11 heavy (non-hydrogen) atoms. The highest BCUT2D eigenvalue weighted by Gasteiger charge is 2.01. The maximum atomic E-state index is 12.7. The first-order valence-electron chi connectivity index (χ1n) is 3.38. The molecule has 60 valence electrons. The topological polar surface area (TPSA) is 26.0 Å². The number of rotatable bonds is 2. The summed E-state index contributed by atoms with van der Waals surface area (Å²) in [5.74, 6) is -1.07. The van der Waals surface area contributed by atoms with E-state index >= 15 is 0 Å². The second kappa shape index (κ2) is 3.44. The van der Waals surface area contributed by atoms with Crippen LogP contribution >= 0.6 is 0 Å². The van der Waals surface area contributed by atoms with Gasteiger partial charge in [0.15, 0.2) is 0 Å². The van der Waals surface area contributed by atoms with Crippen LogP contribution in [-0.2, 0) is 6.42 Å². The van der Waals surface area contributed by atoms with Crippen LogP contribution in [0.5, 0.6) is 0 Å². The summed E-state index contributed by atoms with van der Waals surface area (Å²) >= 11 is 0. The molecule has 0 bridgehead atoms. The highest BCUT2D eigenvalue weighted by Crippen LogP contribution is 2.08. The molecule has 1 aromatic carbocycles. The molecule has 0 atom stereocenters. The quantitative estimate of drug-likeness (QED) is 0.691. The Hall–Kier alpha value is -0.960. The van der Waals surface area contributed by atoms with Crippen molar-refractivity contribution in [1.82, 2.24) is 0 Å². The van der Waals surface area contributed by atoms with Crippen LogP contribution in [0.15, 0.2) is 18.2 Å². The van der Waals surface area contributed by atoms with Crippen LogP contribution in [0.1, 0.15) is 5.56 Å². The number of hydrogen-bond donors (Lipinski definition) is 1. The van der Waals surface area contributed by atoms with E-state index in [0.29, 0.717) is 18.5 Å². The summed E-state index contributed by atoms with van der Waals surface area (Å²) in [6.45, 7) is 0.378. The molecule has 0 saturated heterocycles. The summed E-state index contributed by atoms with van der Waals surface area (Å²) in [6.07, 6.45) is 0.451. The van der Waals surface area contributed by atoms with E-state index in [0.717, 1.165) is 6.07 Å². The normalized spacial score (nSPS) is 10.1. The summed E-state index contributed by atoms with van der Waals surface area (Å²) in [4.78, 5) is 0. The Kier molecular flexibility index (Phi) is 2.54.